The van der Waals surface area contributed by atoms with Gasteiger partial charge in [-0.3, -0.25) is 4.68 Å². The fourth-order valence-corrected chi connectivity index (χ4v) is 2.43. The van der Waals surface area contributed by atoms with Gasteiger partial charge in [0.2, 0.25) is 0 Å². The van der Waals surface area contributed by atoms with Crippen molar-refractivity contribution in [1.29, 1.82) is 0 Å². The zero-order valence-electron chi connectivity index (χ0n) is 11.0. The van der Waals surface area contributed by atoms with Gasteiger partial charge in [0.05, 0.1) is 12.7 Å². The molecule has 1 N–H and O–H groups in total. The Morgan fingerprint density at radius 2 is 2.18 bits per heavy atom. The lowest BCUT2D eigenvalue weighted by Crippen LogP contribution is -2.43. The highest BCUT2D eigenvalue weighted by molar-refractivity contribution is 4.99. The van der Waals surface area contributed by atoms with Crippen LogP contribution >= 0.6 is 0 Å². The summed E-state index contributed by atoms with van der Waals surface area (Å²) in [5.41, 5.74) is 1.24. The standard InChI is InChI=1S/C13H24N4/c1-3-16-7-4-13(5-8-16)14-6-9-17-11-12(2)10-15-17/h10-11,13-14H,3-9H2,1-2H3. The van der Waals surface area contributed by atoms with Crippen molar-refractivity contribution in [2.45, 2.75) is 39.3 Å². The van der Waals surface area contributed by atoms with Crippen molar-refractivity contribution in [3.8, 4) is 0 Å². The highest BCUT2D eigenvalue weighted by Gasteiger charge is 2.16. The molecule has 17 heavy (non-hydrogen) atoms. The summed E-state index contributed by atoms with van der Waals surface area (Å²) < 4.78 is 2.02. The quantitative estimate of drug-likeness (QED) is 0.835. The third kappa shape index (κ3) is 3.82. The van der Waals surface area contributed by atoms with Gasteiger partial charge >= 0.3 is 0 Å². The molecule has 0 unspecified atom stereocenters. The van der Waals surface area contributed by atoms with Gasteiger partial charge < -0.3 is 10.2 Å². The lowest BCUT2D eigenvalue weighted by atomic mass is 10.1. The van der Waals surface area contributed by atoms with Crippen LogP contribution in [0.25, 0.3) is 0 Å². The summed E-state index contributed by atoms with van der Waals surface area (Å²) in [6, 6.07) is 0.703. The van der Waals surface area contributed by atoms with Crippen molar-refractivity contribution in [3.63, 3.8) is 0 Å². The number of rotatable bonds is 5. The summed E-state index contributed by atoms with van der Waals surface area (Å²) in [5.74, 6) is 0. The van der Waals surface area contributed by atoms with E-state index in [0.29, 0.717) is 6.04 Å². The molecule has 96 valence electrons. The van der Waals surface area contributed by atoms with Crippen molar-refractivity contribution < 1.29 is 0 Å². The second-order valence-corrected chi connectivity index (χ2v) is 4.94. The van der Waals surface area contributed by atoms with E-state index in [1.54, 1.807) is 0 Å². The first-order valence-electron chi connectivity index (χ1n) is 6.72. The number of likely N-dealkylation sites (tertiary alicyclic amines) is 1. The lowest BCUT2D eigenvalue weighted by molar-refractivity contribution is 0.205. The van der Waals surface area contributed by atoms with E-state index in [-0.39, 0.29) is 0 Å². The fraction of sp³-hybridized carbons (Fsp3) is 0.769. The molecule has 1 saturated heterocycles. The van der Waals surface area contributed by atoms with E-state index in [1.807, 2.05) is 10.9 Å². The zero-order valence-corrected chi connectivity index (χ0v) is 11.0. The topological polar surface area (TPSA) is 33.1 Å². The molecule has 1 aromatic heterocycles. The van der Waals surface area contributed by atoms with Gasteiger partial charge in [-0.2, -0.15) is 5.10 Å². The van der Waals surface area contributed by atoms with E-state index >= 15 is 0 Å². The number of piperidine rings is 1. The Bertz CT molecular complexity index is 326. The van der Waals surface area contributed by atoms with E-state index in [9.17, 15) is 0 Å². The Kier molecular flexibility index (Phi) is 4.57. The van der Waals surface area contributed by atoms with Crippen LogP contribution in [-0.4, -0.2) is 46.9 Å². The van der Waals surface area contributed by atoms with Crippen LogP contribution in [0.15, 0.2) is 12.4 Å². The van der Waals surface area contributed by atoms with Crippen molar-refractivity contribution in [3.05, 3.63) is 18.0 Å². The molecular weight excluding hydrogens is 212 g/mol. The van der Waals surface area contributed by atoms with Crippen LogP contribution < -0.4 is 5.32 Å². The third-order valence-corrected chi connectivity index (χ3v) is 3.57. The molecule has 2 heterocycles. The predicted molar refractivity (Wildman–Crippen MR) is 70.1 cm³/mol. The molecule has 1 fully saturated rings. The Morgan fingerprint density at radius 1 is 1.41 bits per heavy atom. The number of aryl methyl sites for hydroxylation is 1. The van der Waals surface area contributed by atoms with Crippen LogP contribution in [0.4, 0.5) is 0 Å². The molecule has 0 radical (unpaired) electrons. The zero-order chi connectivity index (χ0) is 12.1. The molecule has 4 heteroatoms. The van der Waals surface area contributed by atoms with E-state index in [2.05, 4.69) is 35.4 Å². The van der Waals surface area contributed by atoms with Gasteiger partial charge in [-0.1, -0.05) is 6.92 Å². The average Bonchev–Trinajstić information content (AvgIpc) is 2.76. The first kappa shape index (κ1) is 12.6. The van der Waals surface area contributed by atoms with Gasteiger partial charge in [0.15, 0.2) is 0 Å². The third-order valence-electron chi connectivity index (χ3n) is 3.57. The van der Waals surface area contributed by atoms with Crippen LogP contribution in [0.3, 0.4) is 0 Å². The highest BCUT2D eigenvalue weighted by Crippen LogP contribution is 2.09. The van der Waals surface area contributed by atoms with Gasteiger partial charge in [0.1, 0.15) is 0 Å². The van der Waals surface area contributed by atoms with E-state index in [1.165, 1.54) is 38.0 Å². The smallest absolute Gasteiger partial charge is 0.0534 e. The van der Waals surface area contributed by atoms with E-state index in [0.717, 1.165) is 13.1 Å². The Hall–Kier alpha value is -0.870. The fourth-order valence-electron chi connectivity index (χ4n) is 2.43. The van der Waals surface area contributed by atoms with Gasteiger partial charge in [-0.05, 0) is 45.0 Å². The van der Waals surface area contributed by atoms with Crippen LogP contribution in [-0.2, 0) is 6.54 Å². The predicted octanol–water partition coefficient (Wildman–Crippen LogP) is 1.27. The van der Waals surface area contributed by atoms with Gasteiger partial charge in [0, 0.05) is 18.8 Å². The van der Waals surface area contributed by atoms with Crippen LogP contribution in [0, 0.1) is 6.92 Å². The minimum atomic E-state index is 0.703. The first-order chi connectivity index (χ1) is 8.28. The number of nitrogens with zero attached hydrogens (tertiary/aromatic N) is 3. The second kappa shape index (κ2) is 6.17. The minimum absolute atomic E-state index is 0.703. The van der Waals surface area contributed by atoms with Crippen molar-refractivity contribution in [2.75, 3.05) is 26.2 Å². The summed E-state index contributed by atoms with van der Waals surface area (Å²) in [7, 11) is 0. The molecule has 0 aromatic carbocycles. The molecule has 0 bridgehead atoms. The number of hydrogen-bond donors (Lipinski definition) is 1. The maximum atomic E-state index is 4.29. The summed E-state index contributed by atoms with van der Waals surface area (Å²) in [6.45, 7) is 10.0. The highest BCUT2D eigenvalue weighted by atomic mass is 15.3. The van der Waals surface area contributed by atoms with Gasteiger partial charge in [0.25, 0.3) is 0 Å². The molecule has 1 aliphatic heterocycles. The Balaban J connectivity index is 1.63. The SMILES string of the molecule is CCN1CCC(NCCn2cc(C)cn2)CC1. The molecule has 0 amide bonds. The van der Waals surface area contributed by atoms with Crippen molar-refractivity contribution in [1.82, 2.24) is 20.0 Å². The molecule has 1 aromatic rings. The first-order valence-corrected chi connectivity index (χ1v) is 6.72. The molecule has 0 aliphatic carbocycles. The van der Waals surface area contributed by atoms with E-state index < -0.39 is 0 Å². The maximum Gasteiger partial charge on any atom is 0.0534 e. The molecule has 0 saturated carbocycles. The molecule has 1 aliphatic rings. The summed E-state index contributed by atoms with van der Waals surface area (Å²) >= 11 is 0. The summed E-state index contributed by atoms with van der Waals surface area (Å²) in [5, 5.41) is 7.93. The summed E-state index contributed by atoms with van der Waals surface area (Å²) in [4.78, 5) is 2.52. The van der Waals surface area contributed by atoms with Crippen molar-refractivity contribution in [2.24, 2.45) is 0 Å². The number of nitrogens with one attached hydrogen (secondary N) is 1. The number of aromatic nitrogens is 2. The van der Waals surface area contributed by atoms with Crippen molar-refractivity contribution >= 4 is 0 Å². The number of hydrogen-bond acceptors (Lipinski definition) is 3. The molecular formula is C13H24N4. The Morgan fingerprint density at radius 3 is 2.76 bits per heavy atom. The van der Waals surface area contributed by atoms with Crippen LogP contribution in [0.5, 0.6) is 0 Å². The van der Waals surface area contributed by atoms with Crippen LogP contribution in [0.1, 0.15) is 25.3 Å². The van der Waals surface area contributed by atoms with Gasteiger partial charge in [-0.25, -0.2) is 0 Å². The average molecular weight is 236 g/mol. The molecule has 2 rings (SSSR count). The minimum Gasteiger partial charge on any atom is -0.312 e. The van der Waals surface area contributed by atoms with Crippen LogP contribution in [0.2, 0.25) is 0 Å². The molecule has 0 atom stereocenters. The second-order valence-electron chi connectivity index (χ2n) is 4.94. The lowest BCUT2D eigenvalue weighted by Gasteiger charge is -2.31. The van der Waals surface area contributed by atoms with Gasteiger partial charge in [-0.15, -0.1) is 0 Å². The largest absolute Gasteiger partial charge is 0.312 e. The van der Waals surface area contributed by atoms with E-state index in [4.69, 9.17) is 0 Å². The monoisotopic (exact) mass is 236 g/mol. The summed E-state index contributed by atoms with van der Waals surface area (Å²) in [6.07, 6.45) is 6.58. The Labute approximate surface area is 104 Å². The maximum absolute atomic E-state index is 4.29. The molecule has 4 nitrogen and oxygen atoms in total. The normalized spacial score (nSPS) is 18.7. The molecule has 0 spiro atoms.